The van der Waals surface area contributed by atoms with Crippen molar-refractivity contribution < 1.29 is 14.3 Å². The zero-order valence-corrected chi connectivity index (χ0v) is 17.3. The second-order valence-electron chi connectivity index (χ2n) is 8.74. The highest BCUT2D eigenvalue weighted by atomic mass is 16.5. The maximum Gasteiger partial charge on any atom is 0.253 e. The van der Waals surface area contributed by atoms with Crippen molar-refractivity contribution in [3.05, 3.63) is 29.8 Å². The van der Waals surface area contributed by atoms with Gasteiger partial charge in [-0.05, 0) is 76.6 Å². The Bertz CT molecular complexity index is 646. The molecule has 0 spiro atoms. The van der Waals surface area contributed by atoms with Gasteiger partial charge in [0.15, 0.2) is 0 Å². The lowest BCUT2D eigenvalue weighted by atomic mass is 10.0. The van der Waals surface area contributed by atoms with E-state index >= 15 is 0 Å². The fraction of sp³-hybridized carbons (Fsp3) is 0.696. The molecule has 3 fully saturated rings. The number of piperidine rings is 1. The van der Waals surface area contributed by atoms with Crippen LogP contribution in [0.25, 0.3) is 0 Å². The lowest BCUT2D eigenvalue weighted by molar-refractivity contribution is 0.0487. The lowest BCUT2D eigenvalue weighted by Crippen LogP contribution is -2.52. The third-order valence-electron chi connectivity index (χ3n) is 6.69. The van der Waals surface area contributed by atoms with E-state index in [1.807, 2.05) is 29.2 Å². The van der Waals surface area contributed by atoms with E-state index in [2.05, 4.69) is 18.7 Å². The first kappa shape index (κ1) is 19.7. The molecule has 1 aromatic rings. The smallest absolute Gasteiger partial charge is 0.253 e. The summed E-state index contributed by atoms with van der Waals surface area (Å²) in [5.74, 6) is 0.957. The number of carbonyl (C=O) groups excluding carboxylic acids is 1. The average Bonchev–Trinajstić information content (AvgIpc) is 3.36. The van der Waals surface area contributed by atoms with Gasteiger partial charge in [-0.15, -0.1) is 0 Å². The van der Waals surface area contributed by atoms with Gasteiger partial charge >= 0.3 is 0 Å². The molecule has 0 aliphatic carbocycles. The van der Waals surface area contributed by atoms with Crippen LogP contribution in [0, 0.1) is 0 Å². The molecule has 0 bridgehead atoms. The fourth-order valence-corrected chi connectivity index (χ4v) is 5.16. The molecule has 1 amide bonds. The van der Waals surface area contributed by atoms with E-state index in [4.69, 9.17) is 9.47 Å². The van der Waals surface area contributed by atoms with Crippen LogP contribution in [0.4, 0.5) is 0 Å². The highest BCUT2D eigenvalue weighted by Crippen LogP contribution is 2.30. The van der Waals surface area contributed by atoms with Crippen LogP contribution in [0.2, 0.25) is 0 Å². The molecule has 1 aromatic carbocycles. The van der Waals surface area contributed by atoms with E-state index in [-0.39, 0.29) is 12.0 Å². The minimum Gasteiger partial charge on any atom is -0.491 e. The highest BCUT2D eigenvalue weighted by Gasteiger charge is 2.36. The Hall–Kier alpha value is -1.59. The van der Waals surface area contributed by atoms with Crippen molar-refractivity contribution in [2.45, 2.75) is 76.6 Å². The van der Waals surface area contributed by atoms with Gasteiger partial charge in [0.05, 0.1) is 6.10 Å². The number of ether oxygens (including phenoxy) is 2. The van der Waals surface area contributed by atoms with Crippen LogP contribution >= 0.6 is 0 Å². The molecule has 28 heavy (non-hydrogen) atoms. The van der Waals surface area contributed by atoms with Gasteiger partial charge in [0.2, 0.25) is 0 Å². The highest BCUT2D eigenvalue weighted by molar-refractivity contribution is 5.94. The summed E-state index contributed by atoms with van der Waals surface area (Å²) in [6.45, 7) is 7.81. The first-order valence-corrected chi connectivity index (χ1v) is 11.0. The summed E-state index contributed by atoms with van der Waals surface area (Å²) in [6, 6.07) is 9.39. The number of hydrogen-bond donors (Lipinski definition) is 0. The molecule has 5 heteroatoms. The Labute approximate surface area is 169 Å². The van der Waals surface area contributed by atoms with Gasteiger partial charge in [0.1, 0.15) is 12.4 Å². The van der Waals surface area contributed by atoms with E-state index < -0.39 is 0 Å². The maximum absolute atomic E-state index is 13.0. The van der Waals surface area contributed by atoms with Crippen LogP contribution in [0.3, 0.4) is 0 Å². The summed E-state index contributed by atoms with van der Waals surface area (Å²) in [5.41, 5.74) is 0.757. The third-order valence-corrected chi connectivity index (χ3v) is 6.69. The molecule has 5 nitrogen and oxygen atoms in total. The normalized spacial score (nSPS) is 31.3. The summed E-state index contributed by atoms with van der Waals surface area (Å²) in [4.78, 5) is 17.8. The molecule has 0 unspecified atom stereocenters. The standard InChI is InChI=1S/C23H34N2O3/c1-17-7-8-18(2)25(17)20-5-3-13-24(15-20)23(26)19-9-11-21(12-10-19)28-16-22-6-4-14-27-22/h9-12,17-18,20,22H,3-8,13-16H2,1-2H3/t17-,18+,20-,22+/m1/s1. The summed E-state index contributed by atoms with van der Waals surface area (Å²) in [7, 11) is 0. The van der Waals surface area contributed by atoms with E-state index in [1.54, 1.807) is 0 Å². The summed E-state index contributed by atoms with van der Waals surface area (Å²) < 4.78 is 11.4. The van der Waals surface area contributed by atoms with Crippen molar-refractivity contribution in [2.24, 2.45) is 0 Å². The van der Waals surface area contributed by atoms with Crippen molar-refractivity contribution >= 4 is 5.91 Å². The Morgan fingerprint density at radius 2 is 1.82 bits per heavy atom. The largest absolute Gasteiger partial charge is 0.491 e. The monoisotopic (exact) mass is 386 g/mol. The second kappa shape index (κ2) is 8.83. The zero-order valence-electron chi connectivity index (χ0n) is 17.3. The molecule has 3 saturated heterocycles. The Balaban J connectivity index is 1.34. The molecular weight excluding hydrogens is 352 g/mol. The number of carbonyl (C=O) groups is 1. The van der Waals surface area contributed by atoms with Gasteiger partial charge in [-0.2, -0.15) is 0 Å². The van der Waals surface area contributed by atoms with Crippen molar-refractivity contribution in [1.82, 2.24) is 9.80 Å². The number of nitrogens with zero attached hydrogens (tertiary/aromatic N) is 2. The van der Waals surface area contributed by atoms with Crippen molar-refractivity contribution in [1.29, 1.82) is 0 Å². The van der Waals surface area contributed by atoms with Gasteiger partial charge in [-0.3, -0.25) is 9.69 Å². The number of hydrogen-bond acceptors (Lipinski definition) is 4. The summed E-state index contributed by atoms with van der Waals surface area (Å²) in [6.07, 6.45) is 7.25. The third kappa shape index (κ3) is 4.36. The van der Waals surface area contributed by atoms with Gasteiger partial charge in [-0.25, -0.2) is 0 Å². The zero-order chi connectivity index (χ0) is 19.5. The first-order chi connectivity index (χ1) is 13.6. The SMILES string of the molecule is C[C@@H]1CC[C@H](C)N1[C@@H]1CCCN(C(=O)c2ccc(OC[C@@H]3CCCO3)cc2)C1. The van der Waals surface area contributed by atoms with Crippen LogP contribution in [0.15, 0.2) is 24.3 Å². The van der Waals surface area contributed by atoms with Crippen LogP contribution in [-0.2, 0) is 4.74 Å². The lowest BCUT2D eigenvalue weighted by Gasteiger charge is -2.41. The quantitative estimate of drug-likeness (QED) is 0.773. The minimum atomic E-state index is 0.148. The van der Waals surface area contributed by atoms with Gasteiger partial charge in [0.25, 0.3) is 5.91 Å². The molecular formula is C23H34N2O3. The molecule has 0 radical (unpaired) electrons. The average molecular weight is 387 g/mol. The molecule has 0 saturated carbocycles. The number of likely N-dealkylation sites (tertiary alicyclic amines) is 2. The Morgan fingerprint density at radius 1 is 1.07 bits per heavy atom. The van der Waals surface area contributed by atoms with Crippen LogP contribution in [0.1, 0.15) is 62.7 Å². The summed E-state index contributed by atoms with van der Waals surface area (Å²) >= 11 is 0. The number of amides is 1. The second-order valence-corrected chi connectivity index (χ2v) is 8.74. The predicted octanol–water partition coefficient (Wildman–Crippen LogP) is 3.72. The van der Waals surface area contributed by atoms with E-state index in [0.717, 1.165) is 50.3 Å². The topological polar surface area (TPSA) is 42.0 Å². The van der Waals surface area contributed by atoms with E-state index in [0.29, 0.717) is 24.7 Å². The summed E-state index contributed by atoms with van der Waals surface area (Å²) in [5, 5.41) is 0. The number of benzene rings is 1. The van der Waals surface area contributed by atoms with Gasteiger partial charge in [-0.1, -0.05) is 0 Å². The maximum atomic E-state index is 13.0. The minimum absolute atomic E-state index is 0.148. The molecule has 3 aliphatic heterocycles. The molecule has 4 atom stereocenters. The van der Waals surface area contributed by atoms with Crippen molar-refractivity contribution in [3.63, 3.8) is 0 Å². The van der Waals surface area contributed by atoms with E-state index in [1.165, 1.54) is 19.3 Å². The van der Waals surface area contributed by atoms with Crippen LogP contribution in [-0.4, -0.2) is 66.2 Å². The predicted molar refractivity (Wildman–Crippen MR) is 110 cm³/mol. The van der Waals surface area contributed by atoms with Crippen molar-refractivity contribution in [3.8, 4) is 5.75 Å². The molecule has 0 N–H and O–H groups in total. The Kier molecular flexibility index (Phi) is 6.22. The van der Waals surface area contributed by atoms with Crippen LogP contribution in [0.5, 0.6) is 5.75 Å². The molecule has 4 rings (SSSR count). The fourth-order valence-electron chi connectivity index (χ4n) is 5.16. The van der Waals surface area contributed by atoms with E-state index in [9.17, 15) is 4.79 Å². The first-order valence-electron chi connectivity index (χ1n) is 11.0. The number of rotatable bonds is 5. The molecule has 3 heterocycles. The molecule has 3 aliphatic rings. The Morgan fingerprint density at radius 3 is 2.50 bits per heavy atom. The van der Waals surface area contributed by atoms with Gasteiger partial charge < -0.3 is 14.4 Å². The molecule has 154 valence electrons. The van der Waals surface area contributed by atoms with Crippen LogP contribution < -0.4 is 4.74 Å². The van der Waals surface area contributed by atoms with Gasteiger partial charge in [0, 0.05) is 43.4 Å². The molecule has 0 aromatic heterocycles. The van der Waals surface area contributed by atoms with Crippen molar-refractivity contribution in [2.75, 3.05) is 26.3 Å².